The molecule has 1 heterocycles. The van der Waals surface area contributed by atoms with E-state index in [4.69, 9.17) is 5.11 Å². The van der Waals surface area contributed by atoms with Gasteiger partial charge in [-0.3, -0.25) is 19.7 Å². The van der Waals surface area contributed by atoms with Gasteiger partial charge < -0.3 is 14.7 Å². The number of nitrogens with zero attached hydrogens (tertiary/aromatic N) is 2. The highest BCUT2D eigenvalue weighted by molar-refractivity contribution is 6.01. The predicted octanol–water partition coefficient (Wildman–Crippen LogP) is 0.819. The summed E-state index contributed by atoms with van der Waals surface area (Å²) in [6, 6.07) is 3.42. The monoisotopic (exact) mass is 308 g/mol. The maximum absolute atomic E-state index is 11.9. The highest BCUT2D eigenvalue weighted by atomic mass is 16.6. The molecule has 1 unspecified atom stereocenters. The summed E-state index contributed by atoms with van der Waals surface area (Å²) in [6.45, 7) is -0.101. The molecule has 0 bridgehead atoms. The molecule has 1 N–H and O–H groups in total. The molecule has 0 aliphatic carbocycles. The SMILES string of the molecule is COC(=O)c1cc(N2CC(C(=O)O)CC2=O)cc([N+](=O)[O-])c1. The van der Waals surface area contributed by atoms with E-state index >= 15 is 0 Å². The van der Waals surface area contributed by atoms with E-state index in [1.165, 1.54) is 6.07 Å². The minimum absolute atomic E-state index is 0.0849. The number of carboxylic acid groups (broad SMARTS) is 1. The third-order valence-electron chi connectivity index (χ3n) is 3.32. The second kappa shape index (κ2) is 5.80. The van der Waals surface area contributed by atoms with Crippen molar-refractivity contribution in [2.45, 2.75) is 6.42 Å². The topological polar surface area (TPSA) is 127 Å². The van der Waals surface area contributed by atoms with E-state index in [2.05, 4.69) is 4.74 Å². The second-order valence-corrected chi connectivity index (χ2v) is 4.73. The number of anilines is 1. The molecule has 1 aromatic carbocycles. The van der Waals surface area contributed by atoms with Gasteiger partial charge in [-0.1, -0.05) is 0 Å². The number of benzene rings is 1. The van der Waals surface area contributed by atoms with Crippen LogP contribution in [0.5, 0.6) is 0 Å². The van der Waals surface area contributed by atoms with Crippen LogP contribution < -0.4 is 4.90 Å². The minimum atomic E-state index is -1.12. The number of rotatable bonds is 4. The van der Waals surface area contributed by atoms with Crippen LogP contribution in [0, 0.1) is 16.0 Å². The number of hydrogen-bond donors (Lipinski definition) is 1. The third-order valence-corrected chi connectivity index (χ3v) is 3.32. The summed E-state index contributed by atoms with van der Waals surface area (Å²) in [5, 5.41) is 19.9. The summed E-state index contributed by atoms with van der Waals surface area (Å²) in [5.74, 6) is -3.25. The van der Waals surface area contributed by atoms with Crippen LogP contribution in [-0.4, -0.2) is 41.5 Å². The first-order chi connectivity index (χ1) is 10.3. The van der Waals surface area contributed by atoms with Crippen molar-refractivity contribution in [3.05, 3.63) is 33.9 Å². The Morgan fingerprint density at radius 3 is 2.59 bits per heavy atom. The Kier molecular flexibility index (Phi) is 4.06. The van der Waals surface area contributed by atoms with Crippen molar-refractivity contribution in [1.29, 1.82) is 0 Å². The normalized spacial score (nSPS) is 17.4. The zero-order valence-corrected chi connectivity index (χ0v) is 11.5. The number of aliphatic carboxylic acids is 1. The van der Waals surface area contributed by atoms with Gasteiger partial charge in [0.05, 0.1) is 29.2 Å². The molecule has 1 aliphatic heterocycles. The lowest BCUT2D eigenvalue weighted by atomic mass is 10.1. The summed E-state index contributed by atoms with van der Waals surface area (Å²) in [4.78, 5) is 45.8. The Hall–Kier alpha value is -2.97. The molecular weight excluding hydrogens is 296 g/mol. The first kappa shape index (κ1) is 15.4. The summed E-state index contributed by atoms with van der Waals surface area (Å²) in [6.07, 6.45) is -0.189. The number of carboxylic acids is 1. The summed E-state index contributed by atoms with van der Waals surface area (Å²) >= 11 is 0. The Bertz CT molecular complexity index is 670. The molecule has 1 aliphatic rings. The van der Waals surface area contributed by atoms with Crippen molar-refractivity contribution in [2.24, 2.45) is 5.92 Å². The third kappa shape index (κ3) is 2.87. The molecule has 0 radical (unpaired) electrons. The molecule has 9 heteroatoms. The summed E-state index contributed by atoms with van der Waals surface area (Å²) in [5.41, 5.74) is -0.369. The lowest BCUT2D eigenvalue weighted by Gasteiger charge is -2.16. The van der Waals surface area contributed by atoms with Crippen LogP contribution in [0.2, 0.25) is 0 Å². The molecule has 1 aromatic rings. The Balaban J connectivity index is 2.44. The fourth-order valence-corrected chi connectivity index (χ4v) is 2.21. The van der Waals surface area contributed by atoms with E-state index in [-0.39, 0.29) is 29.9 Å². The van der Waals surface area contributed by atoms with E-state index in [1.807, 2.05) is 0 Å². The molecule has 2 rings (SSSR count). The number of amides is 1. The molecule has 116 valence electrons. The summed E-state index contributed by atoms with van der Waals surface area (Å²) in [7, 11) is 1.13. The van der Waals surface area contributed by atoms with Crippen LogP contribution in [0.15, 0.2) is 18.2 Å². The molecule has 1 amide bonds. The zero-order valence-electron chi connectivity index (χ0n) is 11.5. The number of nitro groups is 1. The van der Waals surface area contributed by atoms with Gasteiger partial charge in [0, 0.05) is 25.1 Å². The van der Waals surface area contributed by atoms with Crippen molar-refractivity contribution >= 4 is 29.2 Å². The highest BCUT2D eigenvalue weighted by Gasteiger charge is 2.36. The first-order valence-electron chi connectivity index (χ1n) is 6.24. The van der Waals surface area contributed by atoms with E-state index in [1.54, 1.807) is 0 Å². The number of nitro benzene ring substituents is 1. The quantitative estimate of drug-likeness (QED) is 0.495. The maximum Gasteiger partial charge on any atom is 0.338 e. The molecule has 9 nitrogen and oxygen atoms in total. The van der Waals surface area contributed by atoms with Crippen LogP contribution in [0.25, 0.3) is 0 Å². The van der Waals surface area contributed by atoms with Gasteiger partial charge in [-0.05, 0) is 6.07 Å². The fourth-order valence-electron chi connectivity index (χ4n) is 2.21. The van der Waals surface area contributed by atoms with Gasteiger partial charge in [0.2, 0.25) is 5.91 Å². The number of carbonyl (C=O) groups excluding carboxylic acids is 2. The lowest BCUT2D eigenvalue weighted by Crippen LogP contribution is -2.26. The van der Waals surface area contributed by atoms with E-state index in [0.29, 0.717) is 0 Å². The largest absolute Gasteiger partial charge is 0.481 e. The van der Waals surface area contributed by atoms with Gasteiger partial charge in [-0.2, -0.15) is 0 Å². The van der Waals surface area contributed by atoms with Crippen molar-refractivity contribution in [3.8, 4) is 0 Å². The first-order valence-corrected chi connectivity index (χ1v) is 6.24. The molecule has 1 saturated heterocycles. The van der Waals surface area contributed by atoms with Crippen molar-refractivity contribution in [1.82, 2.24) is 0 Å². The molecule has 0 spiro atoms. The number of methoxy groups -OCH3 is 1. The predicted molar refractivity (Wildman–Crippen MR) is 72.5 cm³/mol. The molecule has 1 fully saturated rings. The van der Waals surface area contributed by atoms with Gasteiger partial charge in [0.25, 0.3) is 5.69 Å². The van der Waals surface area contributed by atoms with Crippen molar-refractivity contribution < 1.29 is 29.2 Å². The number of esters is 1. The molecule has 22 heavy (non-hydrogen) atoms. The van der Waals surface area contributed by atoms with Gasteiger partial charge in [-0.25, -0.2) is 4.79 Å². The average Bonchev–Trinajstić information content (AvgIpc) is 2.88. The van der Waals surface area contributed by atoms with Crippen LogP contribution >= 0.6 is 0 Å². The second-order valence-electron chi connectivity index (χ2n) is 4.73. The number of hydrogen-bond acceptors (Lipinski definition) is 6. The van der Waals surface area contributed by atoms with Gasteiger partial charge >= 0.3 is 11.9 Å². The Labute approximate surface area is 124 Å². The molecule has 0 aromatic heterocycles. The van der Waals surface area contributed by atoms with Crippen molar-refractivity contribution in [3.63, 3.8) is 0 Å². The van der Waals surface area contributed by atoms with Crippen LogP contribution in [0.3, 0.4) is 0 Å². The van der Waals surface area contributed by atoms with E-state index in [0.717, 1.165) is 24.1 Å². The lowest BCUT2D eigenvalue weighted by molar-refractivity contribution is -0.384. The van der Waals surface area contributed by atoms with Crippen LogP contribution in [0.1, 0.15) is 16.8 Å². The fraction of sp³-hybridized carbons (Fsp3) is 0.308. The van der Waals surface area contributed by atoms with E-state index in [9.17, 15) is 24.5 Å². The molecule has 1 atom stereocenters. The average molecular weight is 308 g/mol. The molecular formula is C13H12N2O7. The zero-order chi connectivity index (χ0) is 16.4. The summed E-state index contributed by atoms with van der Waals surface area (Å²) < 4.78 is 4.52. The number of carbonyl (C=O) groups is 3. The minimum Gasteiger partial charge on any atom is -0.481 e. The molecule has 0 saturated carbocycles. The Morgan fingerprint density at radius 2 is 2.09 bits per heavy atom. The van der Waals surface area contributed by atoms with Crippen LogP contribution in [-0.2, 0) is 14.3 Å². The smallest absolute Gasteiger partial charge is 0.338 e. The number of non-ortho nitro benzene ring substituents is 1. The van der Waals surface area contributed by atoms with E-state index < -0.39 is 28.7 Å². The van der Waals surface area contributed by atoms with Gasteiger partial charge in [0.1, 0.15) is 0 Å². The maximum atomic E-state index is 11.9. The standard InChI is InChI=1S/C13H12N2O7/c1-22-13(19)7-2-9(5-10(3-7)15(20)21)14-6-8(12(17)18)4-11(14)16/h2-3,5,8H,4,6H2,1H3,(H,17,18). The highest BCUT2D eigenvalue weighted by Crippen LogP contribution is 2.29. The van der Waals surface area contributed by atoms with Crippen molar-refractivity contribution in [2.75, 3.05) is 18.6 Å². The van der Waals surface area contributed by atoms with Gasteiger partial charge in [-0.15, -0.1) is 0 Å². The van der Waals surface area contributed by atoms with Crippen LogP contribution in [0.4, 0.5) is 11.4 Å². The van der Waals surface area contributed by atoms with Gasteiger partial charge in [0.15, 0.2) is 0 Å². The Morgan fingerprint density at radius 1 is 1.41 bits per heavy atom. The number of ether oxygens (including phenoxy) is 1.